The van der Waals surface area contributed by atoms with Crippen molar-refractivity contribution in [2.75, 3.05) is 10.6 Å². The second-order valence-electron chi connectivity index (χ2n) is 7.00. The van der Waals surface area contributed by atoms with Crippen molar-refractivity contribution in [1.82, 2.24) is 4.98 Å². The van der Waals surface area contributed by atoms with Gasteiger partial charge in [0.2, 0.25) is 0 Å². The lowest BCUT2D eigenvalue weighted by Gasteiger charge is -2.19. The fourth-order valence-electron chi connectivity index (χ4n) is 3.31. The maximum absolute atomic E-state index is 12.9. The molecule has 1 aliphatic rings. The van der Waals surface area contributed by atoms with Crippen molar-refractivity contribution in [3.63, 3.8) is 0 Å². The van der Waals surface area contributed by atoms with Crippen LogP contribution in [0.2, 0.25) is 4.47 Å². The molecule has 2 aromatic carbocycles. The number of anilines is 2. The fourth-order valence-corrected chi connectivity index (χ4v) is 4.23. The molecule has 5 nitrogen and oxygen atoms in total. The molecule has 3 aromatic rings. The Morgan fingerprint density at radius 2 is 1.90 bits per heavy atom. The van der Waals surface area contributed by atoms with Crippen LogP contribution in [0.4, 0.5) is 11.4 Å². The minimum atomic E-state index is -0.0480. The second kappa shape index (κ2) is 9.24. The first-order chi connectivity index (χ1) is 14.6. The third-order valence-electron chi connectivity index (χ3n) is 4.80. The molecule has 1 aliphatic carbocycles. The summed E-state index contributed by atoms with van der Waals surface area (Å²) in [7, 11) is 0. The van der Waals surface area contributed by atoms with Crippen molar-refractivity contribution < 1.29 is 9.59 Å². The molecule has 30 heavy (non-hydrogen) atoms. The van der Waals surface area contributed by atoms with Gasteiger partial charge in [0, 0.05) is 40.4 Å². The number of hydrogen-bond acceptors (Lipinski definition) is 6. The molecule has 4 rings (SSSR count). The minimum Gasteiger partial charge on any atom is -0.378 e. The monoisotopic (exact) mass is 437 g/mol. The van der Waals surface area contributed by atoms with Crippen molar-refractivity contribution in [2.24, 2.45) is 0 Å². The number of nitrogens with zero attached hydrogens (tertiary/aromatic N) is 1. The lowest BCUT2D eigenvalue weighted by Crippen LogP contribution is -2.12. The molecule has 7 heteroatoms. The average molecular weight is 438 g/mol. The maximum atomic E-state index is 12.9. The minimum absolute atomic E-state index is 0.0480. The van der Waals surface area contributed by atoms with Crippen molar-refractivity contribution in [3.8, 4) is 0 Å². The Morgan fingerprint density at radius 1 is 1.07 bits per heavy atom. The summed E-state index contributed by atoms with van der Waals surface area (Å²) >= 11 is 7.34. The van der Waals surface area contributed by atoms with Crippen LogP contribution in [0.3, 0.4) is 0 Å². The van der Waals surface area contributed by atoms with E-state index < -0.39 is 0 Å². The summed E-state index contributed by atoms with van der Waals surface area (Å²) in [6, 6.07) is 14.7. The number of benzene rings is 2. The van der Waals surface area contributed by atoms with E-state index in [9.17, 15) is 9.59 Å². The van der Waals surface area contributed by atoms with Crippen molar-refractivity contribution >= 4 is 45.9 Å². The highest BCUT2D eigenvalue weighted by atomic mass is 35.5. The number of rotatable bonds is 7. The summed E-state index contributed by atoms with van der Waals surface area (Å²) < 4.78 is 0.500. The number of hydrogen-bond donors (Lipinski definition) is 2. The molecule has 152 valence electrons. The first-order valence-corrected chi connectivity index (χ1v) is 10.9. The molecule has 0 aliphatic heterocycles. The van der Waals surface area contributed by atoms with Crippen LogP contribution in [0.1, 0.15) is 40.1 Å². The van der Waals surface area contributed by atoms with Crippen LogP contribution in [-0.4, -0.2) is 16.6 Å². The van der Waals surface area contributed by atoms with Gasteiger partial charge in [-0.3, -0.25) is 9.59 Å². The van der Waals surface area contributed by atoms with Gasteiger partial charge in [-0.1, -0.05) is 41.9 Å². The van der Waals surface area contributed by atoms with Gasteiger partial charge >= 0.3 is 0 Å². The Balaban J connectivity index is 1.62. The standard InChI is InChI=1S/C23H20ClN3O2S/c24-23-26-14-19(30-23)13-25-20-10-9-16(22(29)15-5-2-1-3-6-15)11-21(20)27-17-7-4-8-18(28)12-17/h1-3,5-6,9-12,14,25,27H,4,7-8,13H2. The molecule has 0 saturated carbocycles. The van der Waals surface area contributed by atoms with Crippen LogP contribution in [0.15, 0.2) is 66.5 Å². The van der Waals surface area contributed by atoms with Crippen LogP contribution >= 0.6 is 22.9 Å². The van der Waals surface area contributed by atoms with E-state index in [0.29, 0.717) is 28.6 Å². The lowest BCUT2D eigenvalue weighted by atomic mass is 10.0. The van der Waals surface area contributed by atoms with E-state index in [-0.39, 0.29) is 11.6 Å². The van der Waals surface area contributed by atoms with Crippen molar-refractivity contribution in [3.05, 3.63) is 87.0 Å². The van der Waals surface area contributed by atoms with E-state index in [0.717, 1.165) is 34.8 Å². The van der Waals surface area contributed by atoms with Crippen LogP contribution in [-0.2, 0) is 11.3 Å². The quantitative estimate of drug-likeness (QED) is 0.464. The van der Waals surface area contributed by atoms with Gasteiger partial charge in [-0.05, 0) is 31.0 Å². The number of carbonyl (C=O) groups excluding carboxylic acids is 2. The lowest BCUT2D eigenvalue weighted by molar-refractivity contribution is -0.115. The Kier molecular flexibility index (Phi) is 6.26. The molecule has 0 amide bonds. The SMILES string of the molecule is O=C1C=C(Nc2cc(C(=O)c3ccccc3)ccc2NCc2cnc(Cl)s2)CCC1. The van der Waals surface area contributed by atoms with Gasteiger partial charge in [0.05, 0.1) is 17.9 Å². The van der Waals surface area contributed by atoms with Crippen LogP contribution in [0.25, 0.3) is 0 Å². The first kappa shape index (κ1) is 20.3. The van der Waals surface area contributed by atoms with E-state index in [1.807, 2.05) is 36.4 Å². The molecule has 0 radical (unpaired) electrons. The average Bonchev–Trinajstić information content (AvgIpc) is 3.18. The highest BCUT2D eigenvalue weighted by Crippen LogP contribution is 2.29. The molecule has 2 N–H and O–H groups in total. The predicted molar refractivity (Wildman–Crippen MR) is 121 cm³/mol. The number of halogens is 1. The summed E-state index contributed by atoms with van der Waals surface area (Å²) in [5, 5.41) is 6.73. The molecule has 0 unspecified atom stereocenters. The molecule has 0 saturated heterocycles. The van der Waals surface area contributed by atoms with Gasteiger partial charge in [0.15, 0.2) is 16.0 Å². The Hall–Kier alpha value is -2.96. The second-order valence-corrected chi connectivity index (χ2v) is 8.70. The normalized spacial score (nSPS) is 13.6. The largest absolute Gasteiger partial charge is 0.378 e. The predicted octanol–water partition coefficient (Wildman–Crippen LogP) is 5.69. The Bertz CT molecular complexity index is 1110. The van der Waals surface area contributed by atoms with E-state index in [4.69, 9.17) is 11.6 Å². The van der Waals surface area contributed by atoms with E-state index in [1.54, 1.807) is 24.4 Å². The smallest absolute Gasteiger partial charge is 0.193 e. The van der Waals surface area contributed by atoms with Gasteiger partial charge < -0.3 is 10.6 Å². The molecular weight excluding hydrogens is 418 g/mol. The number of aromatic nitrogens is 1. The van der Waals surface area contributed by atoms with Crippen LogP contribution in [0, 0.1) is 0 Å². The highest BCUT2D eigenvalue weighted by Gasteiger charge is 2.15. The van der Waals surface area contributed by atoms with Gasteiger partial charge in [0.25, 0.3) is 0 Å². The zero-order valence-corrected chi connectivity index (χ0v) is 17.7. The van der Waals surface area contributed by atoms with Gasteiger partial charge in [-0.25, -0.2) is 4.98 Å². The molecule has 0 bridgehead atoms. The first-order valence-electron chi connectivity index (χ1n) is 9.67. The maximum Gasteiger partial charge on any atom is 0.193 e. The number of nitrogens with one attached hydrogen (secondary N) is 2. The van der Waals surface area contributed by atoms with Gasteiger partial charge in [-0.15, -0.1) is 11.3 Å². The number of ketones is 2. The van der Waals surface area contributed by atoms with E-state index in [1.165, 1.54) is 11.3 Å². The molecule has 1 aromatic heterocycles. The van der Waals surface area contributed by atoms with E-state index in [2.05, 4.69) is 15.6 Å². The van der Waals surface area contributed by atoms with Crippen molar-refractivity contribution in [1.29, 1.82) is 0 Å². The molecular formula is C23H20ClN3O2S. The number of allylic oxidation sites excluding steroid dienone is 2. The topological polar surface area (TPSA) is 71.1 Å². The van der Waals surface area contributed by atoms with E-state index >= 15 is 0 Å². The van der Waals surface area contributed by atoms with Crippen LogP contribution in [0.5, 0.6) is 0 Å². The van der Waals surface area contributed by atoms with Crippen molar-refractivity contribution in [2.45, 2.75) is 25.8 Å². The summed E-state index contributed by atoms with van der Waals surface area (Å²) in [6.07, 6.45) is 5.59. The molecule has 0 spiro atoms. The third-order valence-corrected chi connectivity index (χ3v) is 5.91. The summed E-state index contributed by atoms with van der Waals surface area (Å²) in [5.74, 6) is 0.0715. The zero-order valence-electron chi connectivity index (χ0n) is 16.2. The highest BCUT2D eigenvalue weighted by molar-refractivity contribution is 7.15. The third kappa shape index (κ3) is 4.96. The zero-order chi connectivity index (χ0) is 20.9. The number of carbonyl (C=O) groups is 2. The summed E-state index contributed by atoms with van der Waals surface area (Å²) in [4.78, 5) is 29.8. The summed E-state index contributed by atoms with van der Waals surface area (Å²) in [5.41, 5.74) is 3.67. The fraction of sp³-hybridized carbons (Fsp3) is 0.174. The summed E-state index contributed by atoms with van der Waals surface area (Å²) in [6.45, 7) is 0.559. The molecule has 0 atom stereocenters. The Labute approximate surface area is 183 Å². The molecule has 1 heterocycles. The van der Waals surface area contributed by atoms with Gasteiger partial charge in [-0.2, -0.15) is 0 Å². The molecule has 0 fully saturated rings. The van der Waals surface area contributed by atoms with Gasteiger partial charge in [0.1, 0.15) is 0 Å². The van der Waals surface area contributed by atoms with Crippen LogP contribution < -0.4 is 10.6 Å². The Morgan fingerprint density at radius 3 is 2.63 bits per heavy atom. The number of thiazole rings is 1.